The van der Waals surface area contributed by atoms with E-state index in [2.05, 4.69) is 16.8 Å². The van der Waals surface area contributed by atoms with Crippen LogP contribution in [-0.4, -0.2) is 72.3 Å². The van der Waals surface area contributed by atoms with Gasteiger partial charge in [0.05, 0.1) is 57.1 Å². The average molecular weight is 571 g/mol. The third-order valence-electron chi connectivity index (χ3n) is 5.68. The summed E-state index contributed by atoms with van der Waals surface area (Å²) < 4.78 is 30.3. The van der Waals surface area contributed by atoms with Gasteiger partial charge in [-0.05, 0) is 19.1 Å². The van der Waals surface area contributed by atoms with Crippen LogP contribution in [0, 0.1) is 18.8 Å². The van der Waals surface area contributed by atoms with Gasteiger partial charge in [0.2, 0.25) is 5.88 Å². The molecule has 0 radical (unpaired) electrons. The second-order valence-corrected chi connectivity index (χ2v) is 11.7. The van der Waals surface area contributed by atoms with E-state index in [9.17, 15) is 13.2 Å². The maximum absolute atomic E-state index is 12.9. The van der Waals surface area contributed by atoms with Crippen LogP contribution in [0.3, 0.4) is 0 Å². The first-order valence-corrected chi connectivity index (χ1v) is 13.9. The molecule has 1 saturated heterocycles. The van der Waals surface area contributed by atoms with E-state index in [0.717, 1.165) is 0 Å². The Morgan fingerprint density at radius 3 is 2.42 bits per heavy atom. The molecule has 0 bridgehead atoms. The molecule has 0 unspecified atom stereocenters. The van der Waals surface area contributed by atoms with Crippen LogP contribution < -0.4 is 10.2 Å². The largest absolute Gasteiger partial charge is 0.475 e. The third-order valence-corrected chi connectivity index (χ3v) is 8.14. The zero-order valence-corrected chi connectivity index (χ0v) is 22.3. The van der Waals surface area contributed by atoms with Crippen LogP contribution in [0.15, 0.2) is 29.2 Å². The number of rotatable bonds is 5. The summed E-state index contributed by atoms with van der Waals surface area (Å²) in [4.78, 5) is 18.9. The molecule has 1 N–H and O–H groups in total. The number of aromatic nitrogens is 2. The van der Waals surface area contributed by atoms with Crippen LogP contribution in [0.2, 0.25) is 15.1 Å². The van der Waals surface area contributed by atoms with Crippen molar-refractivity contribution in [3.8, 4) is 23.4 Å². The van der Waals surface area contributed by atoms with E-state index in [-0.39, 0.29) is 56.5 Å². The van der Waals surface area contributed by atoms with Gasteiger partial charge in [-0.15, -0.1) is 0 Å². The minimum absolute atomic E-state index is 0.0425. The topological polar surface area (TPSA) is 102 Å². The number of nitrogens with zero attached hydrogens (tertiary/aromatic N) is 3. The second kappa shape index (κ2) is 11.0. The molecule has 2 aromatic heterocycles. The highest BCUT2D eigenvalue weighted by Crippen LogP contribution is 2.36. The summed E-state index contributed by atoms with van der Waals surface area (Å²) in [5, 5.41) is 10.0. The van der Waals surface area contributed by atoms with Gasteiger partial charge < -0.3 is 14.4 Å². The summed E-state index contributed by atoms with van der Waals surface area (Å²) in [6.07, 6.45) is 1.36. The lowest BCUT2D eigenvalue weighted by Crippen LogP contribution is -2.40. The molecule has 36 heavy (non-hydrogen) atoms. The van der Waals surface area contributed by atoms with Gasteiger partial charge in [-0.1, -0.05) is 46.6 Å². The van der Waals surface area contributed by atoms with E-state index >= 15 is 0 Å². The zero-order valence-electron chi connectivity index (χ0n) is 19.2. The highest BCUT2D eigenvalue weighted by Gasteiger charge is 2.22. The van der Waals surface area contributed by atoms with Gasteiger partial charge in [0.15, 0.2) is 15.3 Å². The van der Waals surface area contributed by atoms with Gasteiger partial charge in [0.1, 0.15) is 12.0 Å². The van der Waals surface area contributed by atoms with E-state index in [0.29, 0.717) is 42.1 Å². The van der Waals surface area contributed by atoms with Crippen molar-refractivity contribution in [1.29, 1.82) is 0 Å². The normalized spacial score (nSPS) is 15.5. The summed E-state index contributed by atoms with van der Waals surface area (Å²) in [5.41, 5.74) is 1.51. The van der Waals surface area contributed by atoms with Crippen molar-refractivity contribution in [1.82, 2.24) is 14.5 Å². The van der Waals surface area contributed by atoms with Gasteiger partial charge in [0.25, 0.3) is 0 Å². The fourth-order valence-corrected chi connectivity index (χ4v) is 6.12. The molecular formula is C24H22Cl3N3O5S. The van der Waals surface area contributed by atoms with Gasteiger partial charge >= 0.3 is 0 Å². The van der Waals surface area contributed by atoms with Gasteiger partial charge in [-0.3, -0.25) is 9.69 Å². The molecule has 0 spiro atoms. The van der Waals surface area contributed by atoms with Crippen molar-refractivity contribution in [3.05, 3.63) is 60.9 Å². The minimum Gasteiger partial charge on any atom is -0.475 e. The SMILES string of the molecule is Cc1cc(=O)c2c(OCCO)ncc(Cl)c2n1-c1c(Cl)cc(C#CCN2CCS(=O)(=O)CC2)cc1Cl. The number of hydrogen-bond acceptors (Lipinski definition) is 7. The Morgan fingerprint density at radius 1 is 1.11 bits per heavy atom. The van der Waals surface area contributed by atoms with Gasteiger partial charge in [-0.25, -0.2) is 13.4 Å². The fourth-order valence-electron chi connectivity index (χ4n) is 3.96. The smallest absolute Gasteiger partial charge is 0.227 e. The first kappa shape index (κ1) is 26.7. The molecule has 12 heteroatoms. The molecule has 4 rings (SSSR count). The summed E-state index contributed by atoms with van der Waals surface area (Å²) in [7, 11) is -2.95. The van der Waals surface area contributed by atoms with Crippen LogP contribution in [0.1, 0.15) is 11.3 Å². The lowest BCUT2D eigenvalue weighted by Gasteiger charge is -2.24. The summed E-state index contributed by atoms with van der Waals surface area (Å²) >= 11 is 19.8. The van der Waals surface area contributed by atoms with Gasteiger partial charge in [-0.2, -0.15) is 0 Å². The number of pyridine rings is 2. The highest BCUT2D eigenvalue weighted by molar-refractivity contribution is 7.91. The molecule has 1 fully saturated rings. The zero-order chi connectivity index (χ0) is 26.0. The average Bonchev–Trinajstić information content (AvgIpc) is 2.81. The molecule has 1 aliphatic rings. The molecule has 0 amide bonds. The molecule has 1 aromatic carbocycles. The molecule has 1 aliphatic heterocycles. The molecule has 8 nitrogen and oxygen atoms in total. The van der Waals surface area contributed by atoms with E-state index in [1.54, 1.807) is 23.6 Å². The quantitative estimate of drug-likeness (QED) is 0.471. The van der Waals surface area contributed by atoms with Crippen molar-refractivity contribution in [2.45, 2.75) is 6.92 Å². The van der Waals surface area contributed by atoms with E-state index < -0.39 is 9.84 Å². The Balaban J connectivity index is 1.73. The minimum atomic E-state index is -2.95. The van der Waals surface area contributed by atoms with Crippen molar-refractivity contribution < 1.29 is 18.3 Å². The second-order valence-electron chi connectivity index (χ2n) is 8.21. The van der Waals surface area contributed by atoms with Crippen molar-refractivity contribution >= 4 is 55.5 Å². The number of hydrogen-bond donors (Lipinski definition) is 1. The van der Waals surface area contributed by atoms with Crippen LogP contribution >= 0.6 is 34.8 Å². The first-order chi connectivity index (χ1) is 17.1. The molecule has 3 aromatic rings. The lowest BCUT2D eigenvalue weighted by molar-refractivity contribution is 0.198. The van der Waals surface area contributed by atoms with E-state index in [1.165, 1.54) is 12.3 Å². The summed E-state index contributed by atoms with van der Waals surface area (Å²) in [5.74, 6) is 6.39. The summed E-state index contributed by atoms with van der Waals surface area (Å²) in [6, 6.07) is 4.74. The van der Waals surface area contributed by atoms with Crippen LogP contribution in [0.4, 0.5) is 0 Å². The van der Waals surface area contributed by atoms with Crippen molar-refractivity contribution in [3.63, 3.8) is 0 Å². The third kappa shape index (κ3) is 5.65. The molecule has 0 aliphatic carbocycles. The molecule has 0 atom stereocenters. The Kier molecular flexibility index (Phi) is 8.15. The first-order valence-electron chi connectivity index (χ1n) is 11.0. The number of ether oxygens (including phenoxy) is 1. The highest BCUT2D eigenvalue weighted by atomic mass is 35.5. The Bertz CT molecular complexity index is 1520. The molecule has 0 saturated carbocycles. The van der Waals surface area contributed by atoms with Crippen LogP contribution in [-0.2, 0) is 9.84 Å². The van der Waals surface area contributed by atoms with Crippen molar-refractivity contribution in [2.24, 2.45) is 0 Å². The number of aryl methyl sites for hydroxylation is 1. The standard InChI is InChI=1S/C24H22Cl3N3O5S/c1-15-11-20(32)21-23(19(27)14-28-24(21)35-8-7-31)30(15)22-17(25)12-16(13-18(22)26)3-2-4-29-5-9-36(33,34)10-6-29/h11-14,31H,4-10H2,1H3. The van der Waals surface area contributed by atoms with E-state index in [4.69, 9.17) is 44.6 Å². The number of benzene rings is 1. The predicted molar refractivity (Wildman–Crippen MR) is 142 cm³/mol. The maximum atomic E-state index is 12.9. The Morgan fingerprint density at radius 2 is 1.78 bits per heavy atom. The lowest BCUT2D eigenvalue weighted by atomic mass is 10.1. The molecule has 3 heterocycles. The van der Waals surface area contributed by atoms with Gasteiger partial charge in [0, 0.05) is 30.4 Å². The predicted octanol–water partition coefficient (Wildman–Crippen LogP) is 3.11. The fraction of sp³-hybridized carbons (Fsp3) is 0.333. The number of aliphatic hydroxyl groups is 1. The summed E-state index contributed by atoms with van der Waals surface area (Å²) in [6.45, 7) is 2.77. The monoisotopic (exact) mass is 569 g/mol. The van der Waals surface area contributed by atoms with Crippen molar-refractivity contribution in [2.75, 3.05) is 44.4 Å². The van der Waals surface area contributed by atoms with Crippen LogP contribution in [0.5, 0.6) is 5.88 Å². The number of halogens is 3. The number of aliphatic hydroxyl groups excluding tert-OH is 1. The number of fused-ring (bicyclic) bond motifs is 1. The maximum Gasteiger partial charge on any atom is 0.227 e. The Hall–Kier alpha value is -2.32. The Labute approximate surface area is 223 Å². The van der Waals surface area contributed by atoms with E-state index in [1.807, 2.05) is 4.90 Å². The molecular weight excluding hydrogens is 549 g/mol. The number of sulfone groups is 1. The van der Waals surface area contributed by atoms with Crippen LogP contribution in [0.25, 0.3) is 16.6 Å². The molecule has 190 valence electrons.